The molecule has 1 aliphatic heterocycles. The highest BCUT2D eigenvalue weighted by atomic mass is 16.5. The van der Waals surface area contributed by atoms with E-state index in [-0.39, 0.29) is 17.9 Å². The van der Waals surface area contributed by atoms with E-state index in [2.05, 4.69) is 0 Å². The largest absolute Gasteiger partial charge is 0.493 e. The molecule has 132 valence electrons. The molecule has 1 atom stereocenters. The van der Waals surface area contributed by atoms with E-state index < -0.39 is 0 Å². The Hall–Kier alpha value is -2.28. The van der Waals surface area contributed by atoms with Gasteiger partial charge in [0.25, 0.3) is 5.91 Å². The summed E-state index contributed by atoms with van der Waals surface area (Å²) in [6, 6.07) is 5.08. The Morgan fingerprint density at radius 2 is 1.75 bits per heavy atom. The Balaban J connectivity index is 2.05. The van der Waals surface area contributed by atoms with E-state index in [9.17, 15) is 9.59 Å². The molecule has 7 heteroatoms. The maximum Gasteiger partial charge on any atom is 0.257 e. The van der Waals surface area contributed by atoms with Gasteiger partial charge in [-0.05, 0) is 19.1 Å². The van der Waals surface area contributed by atoms with Crippen LogP contribution in [0.3, 0.4) is 0 Å². The number of carbonyl (C=O) groups is 2. The number of para-hydroxylation sites is 1. The maximum atomic E-state index is 12.8. The average Bonchev–Trinajstić information content (AvgIpc) is 2.59. The second-order valence-corrected chi connectivity index (χ2v) is 5.90. The Morgan fingerprint density at radius 3 is 2.29 bits per heavy atom. The molecule has 0 aromatic heterocycles. The number of hydrogen-bond acceptors (Lipinski definition) is 5. The molecule has 1 saturated heterocycles. The minimum Gasteiger partial charge on any atom is -0.493 e. The molecule has 1 aromatic carbocycles. The van der Waals surface area contributed by atoms with Crippen molar-refractivity contribution in [2.75, 3.05) is 40.4 Å². The lowest BCUT2D eigenvalue weighted by Gasteiger charge is -2.35. The summed E-state index contributed by atoms with van der Waals surface area (Å²) >= 11 is 0. The van der Waals surface area contributed by atoms with Gasteiger partial charge in [-0.2, -0.15) is 0 Å². The Morgan fingerprint density at radius 1 is 1.12 bits per heavy atom. The topological polar surface area (TPSA) is 85.1 Å². The standard InChI is InChI=1S/C17H25N3O4/c1-12(18)11-15(21)19-7-9-20(10-8-19)17(22)13-5-4-6-14(23-2)16(13)24-3/h4-6,12H,7-11,18H2,1-3H3. The summed E-state index contributed by atoms with van der Waals surface area (Å²) in [5, 5.41) is 0. The number of carbonyl (C=O) groups excluding carboxylic acids is 2. The third kappa shape index (κ3) is 3.97. The van der Waals surface area contributed by atoms with Gasteiger partial charge in [-0.25, -0.2) is 0 Å². The molecule has 0 saturated carbocycles. The normalized spacial score (nSPS) is 15.8. The van der Waals surface area contributed by atoms with Crippen molar-refractivity contribution >= 4 is 11.8 Å². The van der Waals surface area contributed by atoms with Gasteiger partial charge in [0.15, 0.2) is 11.5 Å². The second kappa shape index (κ2) is 8.01. The molecule has 1 aliphatic rings. The number of amides is 2. The van der Waals surface area contributed by atoms with Crippen LogP contribution in [-0.4, -0.2) is 68.1 Å². The van der Waals surface area contributed by atoms with Crippen LogP contribution in [0.25, 0.3) is 0 Å². The van der Waals surface area contributed by atoms with E-state index in [1.807, 2.05) is 6.92 Å². The van der Waals surface area contributed by atoms with Gasteiger partial charge in [0, 0.05) is 38.6 Å². The first-order chi connectivity index (χ1) is 11.5. The van der Waals surface area contributed by atoms with Gasteiger partial charge in [0.2, 0.25) is 5.91 Å². The van der Waals surface area contributed by atoms with Crippen molar-refractivity contribution in [2.45, 2.75) is 19.4 Å². The summed E-state index contributed by atoms with van der Waals surface area (Å²) in [7, 11) is 3.05. The highest BCUT2D eigenvalue weighted by molar-refractivity contribution is 5.98. The minimum atomic E-state index is -0.154. The Bertz CT molecular complexity index is 595. The summed E-state index contributed by atoms with van der Waals surface area (Å²) in [4.78, 5) is 28.3. The number of nitrogens with two attached hydrogens (primary N) is 1. The molecule has 0 radical (unpaired) electrons. The van der Waals surface area contributed by atoms with Crippen molar-refractivity contribution in [1.29, 1.82) is 0 Å². The van der Waals surface area contributed by atoms with Gasteiger partial charge in [0.05, 0.1) is 19.8 Å². The molecule has 7 nitrogen and oxygen atoms in total. The fourth-order valence-electron chi connectivity index (χ4n) is 2.79. The van der Waals surface area contributed by atoms with Crippen molar-refractivity contribution < 1.29 is 19.1 Å². The first-order valence-corrected chi connectivity index (χ1v) is 8.01. The molecule has 1 heterocycles. The number of nitrogens with zero attached hydrogens (tertiary/aromatic N) is 2. The van der Waals surface area contributed by atoms with Crippen molar-refractivity contribution in [3.63, 3.8) is 0 Å². The predicted molar refractivity (Wildman–Crippen MR) is 90.3 cm³/mol. The third-order valence-corrected chi connectivity index (χ3v) is 4.05. The van der Waals surface area contributed by atoms with Crippen molar-refractivity contribution in [1.82, 2.24) is 9.80 Å². The van der Waals surface area contributed by atoms with Crippen molar-refractivity contribution in [3.8, 4) is 11.5 Å². The van der Waals surface area contributed by atoms with E-state index in [0.717, 1.165) is 0 Å². The van der Waals surface area contributed by atoms with E-state index >= 15 is 0 Å². The van der Waals surface area contributed by atoms with Gasteiger partial charge in [-0.15, -0.1) is 0 Å². The number of rotatable bonds is 5. The molecule has 2 rings (SSSR count). The number of methoxy groups -OCH3 is 2. The fourth-order valence-corrected chi connectivity index (χ4v) is 2.79. The van der Waals surface area contributed by atoms with Crippen LogP contribution < -0.4 is 15.2 Å². The number of hydrogen-bond donors (Lipinski definition) is 1. The van der Waals surface area contributed by atoms with Gasteiger partial charge in [-0.1, -0.05) is 6.07 Å². The van der Waals surface area contributed by atoms with Crippen LogP contribution in [0.15, 0.2) is 18.2 Å². The van der Waals surface area contributed by atoms with Crippen LogP contribution in [0.2, 0.25) is 0 Å². The zero-order chi connectivity index (χ0) is 17.7. The number of piperazine rings is 1. The summed E-state index contributed by atoms with van der Waals surface area (Å²) in [6.45, 7) is 3.83. The van der Waals surface area contributed by atoms with Crippen LogP contribution in [0.1, 0.15) is 23.7 Å². The Labute approximate surface area is 142 Å². The maximum absolute atomic E-state index is 12.8. The summed E-state index contributed by atoms with van der Waals surface area (Å²) < 4.78 is 10.6. The minimum absolute atomic E-state index is 0.0380. The first-order valence-electron chi connectivity index (χ1n) is 8.01. The van der Waals surface area contributed by atoms with Crippen LogP contribution in [-0.2, 0) is 4.79 Å². The molecule has 2 amide bonds. The van der Waals surface area contributed by atoms with Gasteiger partial charge in [0.1, 0.15) is 0 Å². The Kier molecular flexibility index (Phi) is 6.03. The van der Waals surface area contributed by atoms with Crippen LogP contribution >= 0.6 is 0 Å². The first kappa shape index (κ1) is 18.1. The monoisotopic (exact) mass is 335 g/mol. The third-order valence-electron chi connectivity index (χ3n) is 4.05. The zero-order valence-corrected chi connectivity index (χ0v) is 14.4. The lowest BCUT2D eigenvalue weighted by atomic mass is 10.1. The fraction of sp³-hybridized carbons (Fsp3) is 0.529. The summed E-state index contributed by atoms with van der Waals surface area (Å²) in [5.74, 6) is 0.871. The zero-order valence-electron chi connectivity index (χ0n) is 14.4. The van der Waals surface area contributed by atoms with Crippen LogP contribution in [0, 0.1) is 0 Å². The van der Waals surface area contributed by atoms with Crippen molar-refractivity contribution in [2.24, 2.45) is 5.73 Å². The number of ether oxygens (including phenoxy) is 2. The van der Waals surface area contributed by atoms with Crippen molar-refractivity contribution in [3.05, 3.63) is 23.8 Å². The SMILES string of the molecule is COc1cccc(C(=O)N2CCN(C(=O)CC(C)N)CC2)c1OC. The van der Waals surface area contributed by atoms with Crippen LogP contribution in [0.4, 0.5) is 0 Å². The van der Waals surface area contributed by atoms with Gasteiger partial charge in [-0.3, -0.25) is 9.59 Å². The van der Waals surface area contributed by atoms with E-state index in [1.165, 1.54) is 14.2 Å². The highest BCUT2D eigenvalue weighted by Gasteiger charge is 2.27. The molecule has 0 bridgehead atoms. The molecule has 1 unspecified atom stereocenters. The smallest absolute Gasteiger partial charge is 0.257 e. The number of benzene rings is 1. The summed E-state index contributed by atoms with van der Waals surface area (Å²) in [5.41, 5.74) is 6.14. The molecule has 0 spiro atoms. The quantitative estimate of drug-likeness (QED) is 0.857. The molecular formula is C17H25N3O4. The predicted octanol–water partition coefficient (Wildman–Crippen LogP) is 0.726. The van der Waals surface area contributed by atoms with Gasteiger partial charge >= 0.3 is 0 Å². The molecule has 1 aromatic rings. The molecule has 1 fully saturated rings. The second-order valence-electron chi connectivity index (χ2n) is 5.90. The highest BCUT2D eigenvalue weighted by Crippen LogP contribution is 2.31. The summed E-state index contributed by atoms with van der Waals surface area (Å²) in [6.07, 6.45) is 0.331. The van der Waals surface area contributed by atoms with Crippen LogP contribution in [0.5, 0.6) is 11.5 Å². The molecule has 2 N–H and O–H groups in total. The molecular weight excluding hydrogens is 310 g/mol. The average molecular weight is 335 g/mol. The van der Waals surface area contributed by atoms with E-state index in [0.29, 0.717) is 49.7 Å². The lowest BCUT2D eigenvalue weighted by molar-refractivity contribution is -0.132. The van der Waals surface area contributed by atoms with E-state index in [1.54, 1.807) is 28.0 Å². The van der Waals surface area contributed by atoms with E-state index in [4.69, 9.17) is 15.2 Å². The lowest BCUT2D eigenvalue weighted by Crippen LogP contribution is -2.51. The van der Waals surface area contributed by atoms with Gasteiger partial charge < -0.3 is 25.0 Å². The molecule has 0 aliphatic carbocycles. The molecule has 24 heavy (non-hydrogen) atoms.